The summed E-state index contributed by atoms with van der Waals surface area (Å²) in [5.41, 5.74) is 3.27. The zero-order chi connectivity index (χ0) is 20.5. The van der Waals surface area contributed by atoms with Crippen LogP contribution in [0.1, 0.15) is 35.8 Å². The molecule has 0 aliphatic heterocycles. The summed E-state index contributed by atoms with van der Waals surface area (Å²) in [7, 11) is 1.81. The second-order valence-corrected chi connectivity index (χ2v) is 7.16. The Morgan fingerprint density at radius 1 is 1.17 bits per heavy atom. The standard InChI is InChI=1S/C20H21N7O2/c1-11-14(19-21-10-27(3)26-19)5-4-6-15(11)22-16-9-17(23-20(29)13-7-8-13)24-25-18(16)12(2)28/h4-6,9-10,13H,7-8H2,1-3H3,(H2,22,23,24,29). The van der Waals surface area contributed by atoms with E-state index in [9.17, 15) is 9.59 Å². The number of carbonyl (C=O) groups is 2. The Bertz CT molecular complexity index is 1100. The Morgan fingerprint density at radius 2 is 1.97 bits per heavy atom. The zero-order valence-corrected chi connectivity index (χ0v) is 16.4. The van der Waals surface area contributed by atoms with Crippen LogP contribution < -0.4 is 10.6 Å². The first-order chi connectivity index (χ1) is 13.9. The fraction of sp³-hybridized carbons (Fsp3) is 0.300. The van der Waals surface area contributed by atoms with Gasteiger partial charge < -0.3 is 10.6 Å². The molecule has 4 rings (SSSR count). The van der Waals surface area contributed by atoms with Crippen molar-refractivity contribution in [1.82, 2.24) is 25.0 Å². The van der Waals surface area contributed by atoms with E-state index >= 15 is 0 Å². The van der Waals surface area contributed by atoms with Gasteiger partial charge in [0.2, 0.25) is 5.91 Å². The van der Waals surface area contributed by atoms with Gasteiger partial charge in [-0.2, -0.15) is 5.10 Å². The van der Waals surface area contributed by atoms with Crippen LogP contribution in [0.15, 0.2) is 30.6 Å². The summed E-state index contributed by atoms with van der Waals surface area (Å²) < 4.78 is 1.64. The highest BCUT2D eigenvalue weighted by Gasteiger charge is 2.30. The first kappa shape index (κ1) is 18.7. The summed E-state index contributed by atoms with van der Waals surface area (Å²) in [5.74, 6) is 0.686. The predicted molar refractivity (Wildman–Crippen MR) is 108 cm³/mol. The van der Waals surface area contributed by atoms with E-state index in [1.165, 1.54) is 6.92 Å². The molecule has 9 nitrogen and oxygen atoms in total. The fourth-order valence-electron chi connectivity index (χ4n) is 3.00. The Hall–Kier alpha value is -3.62. The van der Waals surface area contributed by atoms with Crippen molar-refractivity contribution in [3.05, 3.63) is 41.9 Å². The molecular weight excluding hydrogens is 370 g/mol. The minimum absolute atomic E-state index is 0.0468. The molecule has 9 heteroatoms. The summed E-state index contributed by atoms with van der Waals surface area (Å²) in [6.45, 7) is 3.38. The van der Waals surface area contributed by atoms with Crippen LogP contribution in [0.4, 0.5) is 17.2 Å². The number of rotatable bonds is 6. The van der Waals surface area contributed by atoms with Crippen LogP contribution in [0.25, 0.3) is 11.4 Å². The number of hydrogen-bond donors (Lipinski definition) is 2. The average molecular weight is 391 g/mol. The minimum atomic E-state index is -0.222. The molecule has 2 heterocycles. The number of aryl methyl sites for hydroxylation is 1. The van der Waals surface area contributed by atoms with E-state index in [1.807, 2.05) is 32.2 Å². The predicted octanol–water partition coefficient (Wildman–Crippen LogP) is 2.88. The first-order valence-corrected chi connectivity index (χ1v) is 9.34. The van der Waals surface area contributed by atoms with E-state index in [4.69, 9.17) is 0 Å². The fourth-order valence-corrected chi connectivity index (χ4v) is 3.00. The molecule has 2 N–H and O–H groups in total. The van der Waals surface area contributed by atoms with E-state index in [0.717, 1.165) is 29.7 Å². The summed E-state index contributed by atoms with van der Waals surface area (Å²) in [6.07, 6.45) is 3.43. The number of benzene rings is 1. The molecule has 1 aliphatic rings. The van der Waals surface area contributed by atoms with Crippen molar-refractivity contribution in [3.8, 4) is 11.4 Å². The maximum Gasteiger partial charge on any atom is 0.228 e. The number of nitrogens with one attached hydrogen (secondary N) is 2. The Balaban J connectivity index is 1.67. The van der Waals surface area contributed by atoms with Crippen molar-refractivity contribution in [1.29, 1.82) is 0 Å². The minimum Gasteiger partial charge on any atom is -0.353 e. The quantitative estimate of drug-likeness (QED) is 0.621. The van der Waals surface area contributed by atoms with E-state index in [-0.39, 0.29) is 23.3 Å². The van der Waals surface area contributed by atoms with Crippen molar-refractivity contribution < 1.29 is 9.59 Å². The van der Waals surface area contributed by atoms with Gasteiger partial charge in [0.05, 0.1) is 5.69 Å². The SMILES string of the molecule is CC(=O)c1nnc(NC(=O)C2CC2)cc1Nc1cccc(-c2ncn(C)n2)c1C. The molecule has 29 heavy (non-hydrogen) atoms. The number of nitrogens with zero attached hydrogens (tertiary/aromatic N) is 5. The monoisotopic (exact) mass is 391 g/mol. The number of ketones is 1. The smallest absolute Gasteiger partial charge is 0.228 e. The van der Waals surface area contributed by atoms with E-state index in [1.54, 1.807) is 17.1 Å². The lowest BCUT2D eigenvalue weighted by Gasteiger charge is -2.14. The van der Waals surface area contributed by atoms with Crippen molar-refractivity contribution in [3.63, 3.8) is 0 Å². The van der Waals surface area contributed by atoms with Gasteiger partial charge in [-0.15, -0.1) is 10.2 Å². The molecule has 3 aromatic rings. The summed E-state index contributed by atoms with van der Waals surface area (Å²) in [6, 6.07) is 7.36. The third-order valence-electron chi connectivity index (χ3n) is 4.77. The van der Waals surface area contributed by atoms with Crippen molar-refractivity contribution in [2.24, 2.45) is 13.0 Å². The van der Waals surface area contributed by atoms with Gasteiger partial charge in [-0.25, -0.2) is 4.98 Å². The molecule has 0 spiro atoms. The van der Waals surface area contributed by atoms with Crippen LogP contribution >= 0.6 is 0 Å². The number of hydrogen-bond acceptors (Lipinski definition) is 7. The third kappa shape index (κ3) is 3.98. The molecule has 0 bridgehead atoms. The van der Waals surface area contributed by atoms with Gasteiger partial charge in [0.1, 0.15) is 6.33 Å². The van der Waals surface area contributed by atoms with Gasteiger partial charge in [0.15, 0.2) is 23.1 Å². The molecular formula is C20H21N7O2. The summed E-state index contributed by atoms with van der Waals surface area (Å²) >= 11 is 0. The average Bonchev–Trinajstić information content (AvgIpc) is 3.45. The normalized spacial score (nSPS) is 13.2. The largest absolute Gasteiger partial charge is 0.353 e. The van der Waals surface area contributed by atoms with Crippen molar-refractivity contribution >= 4 is 28.9 Å². The molecule has 2 aromatic heterocycles. The van der Waals surface area contributed by atoms with E-state index < -0.39 is 0 Å². The molecule has 1 amide bonds. The Morgan fingerprint density at radius 3 is 2.62 bits per heavy atom. The van der Waals surface area contributed by atoms with Crippen molar-refractivity contribution in [2.45, 2.75) is 26.7 Å². The lowest BCUT2D eigenvalue weighted by molar-refractivity contribution is -0.117. The van der Waals surface area contributed by atoms with Crippen molar-refractivity contribution in [2.75, 3.05) is 10.6 Å². The molecule has 0 radical (unpaired) electrons. The highest BCUT2D eigenvalue weighted by molar-refractivity contribution is 5.99. The van der Waals surface area contributed by atoms with Gasteiger partial charge in [0.25, 0.3) is 0 Å². The lowest BCUT2D eigenvalue weighted by Crippen LogP contribution is -2.16. The van der Waals surface area contributed by atoms with Gasteiger partial charge in [-0.05, 0) is 31.4 Å². The molecule has 1 saturated carbocycles. The van der Waals surface area contributed by atoms with E-state index in [2.05, 4.69) is 30.9 Å². The van der Waals surface area contributed by atoms with Crippen LogP contribution in [-0.4, -0.2) is 36.7 Å². The molecule has 0 atom stereocenters. The van der Waals surface area contributed by atoms with Gasteiger partial charge >= 0.3 is 0 Å². The first-order valence-electron chi connectivity index (χ1n) is 9.34. The number of Topliss-reactive ketones (excluding diaryl/α,β-unsaturated/α-hetero) is 1. The van der Waals surface area contributed by atoms with Crippen LogP contribution in [0.2, 0.25) is 0 Å². The summed E-state index contributed by atoms with van der Waals surface area (Å²) in [5, 5.41) is 18.4. The third-order valence-corrected chi connectivity index (χ3v) is 4.77. The van der Waals surface area contributed by atoms with E-state index in [0.29, 0.717) is 17.3 Å². The number of anilines is 3. The molecule has 1 aliphatic carbocycles. The van der Waals surface area contributed by atoms with Gasteiger partial charge in [-0.3, -0.25) is 14.3 Å². The molecule has 1 fully saturated rings. The maximum atomic E-state index is 12.0. The number of carbonyl (C=O) groups excluding carboxylic acids is 2. The highest BCUT2D eigenvalue weighted by atomic mass is 16.2. The topological polar surface area (TPSA) is 115 Å². The molecule has 1 aromatic carbocycles. The Labute approximate surface area is 167 Å². The molecule has 0 unspecified atom stereocenters. The van der Waals surface area contributed by atoms with Crippen LogP contribution in [0, 0.1) is 12.8 Å². The van der Waals surface area contributed by atoms with Crippen LogP contribution in [-0.2, 0) is 11.8 Å². The second-order valence-electron chi connectivity index (χ2n) is 7.16. The lowest BCUT2D eigenvalue weighted by atomic mass is 10.1. The number of aromatic nitrogens is 5. The van der Waals surface area contributed by atoms with Gasteiger partial charge in [-0.1, -0.05) is 12.1 Å². The van der Waals surface area contributed by atoms with Crippen LogP contribution in [0.5, 0.6) is 0 Å². The second kappa shape index (κ2) is 7.42. The molecule has 0 saturated heterocycles. The molecule has 148 valence electrons. The summed E-state index contributed by atoms with van der Waals surface area (Å²) in [4.78, 5) is 28.4. The zero-order valence-electron chi connectivity index (χ0n) is 16.4. The Kier molecular flexibility index (Phi) is 4.79. The van der Waals surface area contributed by atoms with Gasteiger partial charge in [0, 0.05) is 37.2 Å². The highest BCUT2D eigenvalue weighted by Crippen LogP contribution is 2.32. The van der Waals surface area contributed by atoms with Crippen LogP contribution in [0.3, 0.4) is 0 Å². The maximum absolute atomic E-state index is 12.0. The number of amides is 1.